The van der Waals surface area contributed by atoms with Gasteiger partial charge in [-0.25, -0.2) is 0 Å². The van der Waals surface area contributed by atoms with E-state index in [1.165, 1.54) is 32.1 Å². The van der Waals surface area contributed by atoms with Gasteiger partial charge in [-0.2, -0.15) is 0 Å². The van der Waals surface area contributed by atoms with Crippen molar-refractivity contribution in [3.8, 4) is 0 Å². The molecule has 0 radical (unpaired) electrons. The lowest BCUT2D eigenvalue weighted by Gasteiger charge is -2.39. The quantitative estimate of drug-likeness (QED) is 0.658. The number of hydrogen-bond donors (Lipinski definition) is 2. The average Bonchev–Trinajstić information content (AvgIpc) is 2.27. The summed E-state index contributed by atoms with van der Waals surface area (Å²) < 4.78 is 0. The molecule has 1 aliphatic carbocycles. The number of fused-ring (bicyclic) bond motifs is 1. The fourth-order valence-corrected chi connectivity index (χ4v) is 2.88. The van der Waals surface area contributed by atoms with Crippen LogP contribution in [0.25, 0.3) is 0 Å². The Morgan fingerprint density at radius 3 is 2.79 bits per heavy atom. The number of hydrogen-bond acceptors (Lipinski definition) is 2. The average molecular weight is 196 g/mol. The van der Waals surface area contributed by atoms with Crippen LogP contribution in [0.3, 0.4) is 0 Å². The van der Waals surface area contributed by atoms with Crippen LogP contribution in [0.5, 0.6) is 0 Å². The largest absolute Gasteiger partial charge is 0.358 e. The van der Waals surface area contributed by atoms with E-state index in [1.54, 1.807) is 7.05 Å². The van der Waals surface area contributed by atoms with Crippen LogP contribution in [0.15, 0.2) is 0 Å². The van der Waals surface area contributed by atoms with Gasteiger partial charge in [0.15, 0.2) is 0 Å². The third-order valence-corrected chi connectivity index (χ3v) is 3.71. The van der Waals surface area contributed by atoms with Gasteiger partial charge in [0, 0.05) is 13.1 Å². The highest BCUT2D eigenvalue weighted by atomic mass is 16.2. The summed E-state index contributed by atoms with van der Waals surface area (Å²) in [6.45, 7) is 0. The minimum Gasteiger partial charge on any atom is -0.358 e. The standard InChI is InChI=1S/C11H20N2O/c1-12-11(14)10-7-6-8-4-2-3-5-9(8)13-10/h8-10,13H,2-7H2,1H3,(H,12,14)/t8?,9?,10-/m1/s1. The molecule has 0 aromatic heterocycles. The van der Waals surface area contributed by atoms with Crippen molar-refractivity contribution in [1.29, 1.82) is 0 Å². The Morgan fingerprint density at radius 2 is 2.00 bits per heavy atom. The number of carbonyl (C=O) groups excluding carboxylic acids is 1. The third kappa shape index (κ3) is 1.92. The maximum Gasteiger partial charge on any atom is 0.236 e. The highest BCUT2D eigenvalue weighted by molar-refractivity contribution is 5.81. The Labute approximate surface area is 85.6 Å². The van der Waals surface area contributed by atoms with Crippen LogP contribution in [0.1, 0.15) is 38.5 Å². The molecule has 3 nitrogen and oxygen atoms in total. The van der Waals surface area contributed by atoms with Crippen molar-refractivity contribution in [2.24, 2.45) is 5.92 Å². The molecule has 80 valence electrons. The summed E-state index contributed by atoms with van der Waals surface area (Å²) in [4.78, 5) is 11.5. The van der Waals surface area contributed by atoms with Gasteiger partial charge in [-0.15, -0.1) is 0 Å². The maximum absolute atomic E-state index is 11.5. The van der Waals surface area contributed by atoms with Crippen LogP contribution in [-0.4, -0.2) is 25.0 Å². The second-order valence-corrected chi connectivity index (χ2v) is 4.56. The molecule has 3 atom stereocenters. The minimum atomic E-state index is 0.0688. The number of rotatable bonds is 1. The number of carbonyl (C=O) groups is 1. The van der Waals surface area contributed by atoms with E-state index in [1.807, 2.05) is 0 Å². The Hall–Kier alpha value is -0.570. The predicted octanol–water partition coefficient (Wildman–Crippen LogP) is 1.04. The molecular formula is C11H20N2O. The van der Waals surface area contributed by atoms with Crippen LogP contribution >= 0.6 is 0 Å². The van der Waals surface area contributed by atoms with E-state index in [0.717, 1.165) is 12.3 Å². The molecule has 0 aromatic carbocycles. The second kappa shape index (κ2) is 4.30. The van der Waals surface area contributed by atoms with Crippen molar-refractivity contribution in [1.82, 2.24) is 10.6 Å². The van der Waals surface area contributed by atoms with Crippen molar-refractivity contribution in [3.05, 3.63) is 0 Å². The molecule has 2 aliphatic rings. The van der Waals surface area contributed by atoms with E-state index in [4.69, 9.17) is 0 Å². The van der Waals surface area contributed by atoms with E-state index in [-0.39, 0.29) is 11.9 Å². The summed E-state index contributed by atoms with van der Waals surface area (Å²) in [7, 11) is 1.72. The molecule has 2 rings (SSSR count). The molecule has 1 saturated carbocycles. The number of likely N-dealkylation sites (N-methyl/N-ethyl adjacent to an activating group) is 1. The zero-order valence-corrected chi connectivity index (χ0v) is 8.88. The topological polar surface area (TPSA) is 41.1 Å². The van der Waals surface area contributed by atoms with Gasteiger partial charge in [0.1, 0.15) is 0 Å². The van der Waals surface area contributed by atoms with Crippen molar-refractivity contribution < 1.29 is 4.79 Å². The zero-order valence-electron chi connectivity index (χ0n) is 8.88. The van der Waals surface area contributed by atoms with E-state index in [0.29, 0.717) is 6.04 Å². The van der Waals surface area contributed by atoms with Crippen LogP contribution in [0.2, 0.25) is 0 Å². The molecule has 1 heterocycles. The van der Waals surface area contributed by atoms with E-state index >= 15 is 0 Å². The minimum absolute atomic E-state index is 0.0688. The molecule has 14 heavy (non-hydrogen) atoms. The lowest BCUT2D eigenvalue weighted by atomic mass is 9.77. The molecule has 2 unspecified atom stereocenters. The van der Waals surface area contributed by atoms with Gasteiger partial charge in [0.05, 0.1) is 6.04 Å². The van der Waals surface area contributed by atoms with Gasteiger partial charge in [0.2, 0.25) is 5.91 Å². The van der Waals surface area contributed by atoms with Crippen LogP contribution in [-0.2, 0) is 4.79 Å². The molecule has 2 fully saturated rings. The van der Waals surface area contributed by atoms with Gasteiger partial charge in [-0.1, -0.05) is 12.8 Å². The Bertz CT molecular complexity index is 217. The fourth-order valence-electron chi connectivity index (χ4n) is 2.88. The van der Waals surface area contributed by atoms with E-state index in [2.05, 4.69) is 10.6 Å². The molecule has 3 heteroatoms. The molecule has 0 bridgehead atoms. The lowest BCUT2D eigenvalue weighted by Crippen LogP contribution is -2.54. The highest BCUT2D eigenvalue weighted by Gasteiger charge is 2.33. The van der Waals surface area contributed by atoms with Crippen molar-refractivity contribution in [2.75, 3.05) is 7.05 Å². The first-order valence-electron chi connectivity index (χ1n) is 5.79. The summed E-state index contributed by atoms with van der Waals surface area (Å²) in [5, 5.41) is 6.22. The Morgan fingerprint density at radius 1 is 1.21 bits per heavy atom. The molecular weight excluding hydrogens is 176 g/mol. The summed E-state index contributed by atoms with van der Waals surface area (Å²) in [5.74, 6) is 0.999. The van der Waals surface area contributed by atoms with Crippen LogP contribution in [0.4, 0.5) is 0 Å². The van der Waals surface area contributed by atoms with Crippen molar-refractivity contribution in [2.45, 2.75) is 50.6 Å². The fraction of sp³-hybridized carbons (Fsp3) is 0.909. The second-order valence-electron chi connectivity index (χ2n) is 4.56. The van der Waals surface area contributed by atoms with Gasteiger partial charge in [-0.05, 0) is 31.6 Å². The molecule has 0 spiro atoms. The summed E-state index contributed by atoms with van der Waals surface area (Å²) >= 11 is 0. The predicted molar refractivity (Wildman–Crippen MR) is 56.0 cm³/mol. The molecule has 0 aromatic rings. The first-order chi connectivity index (χ1) is 6.81. The lowest BCUT2D eigenvalue weighted by molar-refractivity contribution is -0.124. The smallest absolute Gasteiger partial charge is 0.236 e. The van der Waals surface area contributed by atoms with Crippen LogP contribution < -0.4 is 10.6 Å². The van der Waals surface area contributed by atoms with Gasteiger partial charge in [-0.3, -0.25) is 4.79 Å². The van der Waals surface area contributed by atoms with Gasteiger partial charge < -0.3 is 10.6 Å². The van der Waals surface area contributed by atoms with Crippen molar-refractivity contribution >= 4 is 5.91 Å². The van der Waals surface area contributed by atoms with E-state index < -0.39 is 0 Å². The third-order valence-electron chi connectivity index (χ3n) is 3.71. The first kappa shape index (κ1) is 9.97. The first-order valence-corrected chi connectivity index (χ1v) is 5.79. The van der Waals surface area contributed by atoms with Gasteiger partial charge in [0.25, 0.3) is 0 Å². The zero-order chi connectivity index (χ0) is 9.97. The monoisotopic (exact) mass is 196 g/mol. The van der Waals surface area contributed by atoms with Crippen molar-refractivity contribution in [3.63, 3.8) is 0 Å². The molecule has 2 N–H and O–H groups in total. The maximum atomic E-state index is 11.5. The Balaban J connectivity index is 1.92. The van der Waals surface area contributed by atoms with Crippen LogP contribution in [0, 0.1) is 5.92 Å². The highest BCUT2D eigenvalue weighted by Crippen LogP contribution is 2.32. The summed E-state index contributed by atoms with van der Waals surface area (Å²) in [6.07, 6.45) is 7.58. The number of piperidine rings is 1. The summed E-state index contributed by atoms with van der Waals surface area (Å²) in [5.41, 5.74) is 0. The van der Waals surface area contributed by atoms with Gasteiger partial charge >= 0.3 is 0 Å². The normalized spacial score (nSPS) is 37.4. The number of nitrogens with one attached hydrogen (secondary N) is 2. The van der Waals surface area contributed by atoms with E-state index in [9.17, 15) is 4.79 Å². The molecule has 1 amide bonds. The SMILES string of the molecule is CNC(=O)[C@H]1CCC2CCCCC2N1. The summed E-state index contributed by atoms with van der Waals surface area (Å²) in [6, 6.07) is 0.680. The molecule has 1 aliphatic heterocycles. The number of amides is 1. The Kier molecular flexibility index (Phi) is 3.06. The molecule has 1 saturated heterocycles.